The molecule has 1 N–H and O–H groups in total. The predicted octanol–water partition coefficient (Wildman–Crippen LogP) is 1.59. The molecule has 1 saturated heterocycles. The van der Waals surface area contributed by atoms with Gasteiger partial charge in [-0.1, -0.05) is 27.7 Å². The van der Waals surface area contributed by atoms with Crippen LogP contribution in [0.5, 0.6) is 0 Å². The first-order chi connectivity index (χ1) is 6.84. The molecule has 1 aliphatic heterocycles. The van der Waals surface area contributed by atoms with Gasteiger partial charge in [-0.25, -0.2) is 0 Å². The van der Waals surface area contributed by atoms with Crippen LogP contribution in [-0.4, -0.2) is 51.3 Å². The zero-order valence-electron chi connectivity index (χ0n) is 10.8. The zero-order chi connectivity index (χ0) is 11.4. The molecule has 3 nitrogen and oxygen atoms in total. The van der Waals surface area contributed by atoms with Crippen LogP contribution in [0.2, 0.25) is 0 Å². The van der Waals surface area contributed by atoms with Crippen molar-refractivity contribution in [2.24, 2.45) is 0 Å². The van der Waals surface area contributed by atoms with Crippen molar-refractivity contribution >= 4 is 0 Å². The van der Waals surface area contributed by atoms with Gasteiger partial charge in [0.1, 0.15) is 0 Å². The molecule has 1 heterocycles. The minimum Gasteiger partial charge on any atom is -0.383 e. The number of hydrogen-bond donors (Lipinski definition) is 1. The summed E-state index contributed by atoms with van der Waals surface area (Å²) in [4.78, 5) is 2.33. The van der Waals surface area contributed by atoms with Gasteiger partial charge in [0, 0.05) is 32.8 Å². The Morgan fingerprint density at radius 3 is 2.29 bits per heavy atom. The summed E-state index contributed by atoms with van der Waals surface area (Å²) in [6, 6.07) is 0.568. The van der Waals surface area contributed by atoms with E-state index in [2.05, 4.69) is 17.3 Å². The Bertz CT molecular complexity index is 97.3. The average molecular weight is 204 g/mol. The van der Waals surface area contributed by atoms with Crippen LogP contribution >= 0.6 is 0 Å². The van der Waals surface area contributed by atoms with Gasteiger partial charge >= 0.3 is 0 Å². The molecule has 0 aromatic rings. The second kappa shape index (κ2) is 12.9. The third-order valence-corrected chi connectivity index (χ3v) is 2.00. The van der Waals surface area contributed by atoms with Crippen molar-refractivity contribution in [3.8, 4) is 0 Å². The van der Waals surface area contributed by atoms with Crippen LogP contribution in [0.15, 0.2) is 0 Å². The van der Waals surface area contributed by atoms with Crippen molar-refractivity contribution in [2.75, 3.05) is 40.4 Å². The fourth-order valence-electron chi connectivity index (χ4n) is 1.24. The van der Waals surface area contributed by atoms with E-state index in [4.69, 9.17) is 4.74 Å². The molecular formula is C11H28N2O. The topological polar surface area (TPSA) is 24.5 Å². The Kier molecular flexibility index (Phi) is 15.0. The van der Waals surface area contributed by atoms with Crippen molar-refractivity contribution in [3.63, 3.8) is 0 Å². The number of rotatable bonds is 2. The van der Waals surface area contributed by atoms with Crippen LogP contribution in [0.25, 0.3) is 0 Å². The number of ether oxygens (including phenoxy) is 1. The van der Waals surface area contributed by atoms with Gasteiger partial charge in [0.25, 0.3) is 0 Å². The molecule has 0 bridgehead atoms. The highest BCUT2D eigenvalue weighted by Crippen LogP contribution is 1.98. The molecule has 1 atom stereocenters. The monoisotopic (exact) mass is 204 g/mol. The highest BCUT2D eigenvalue weighted by molar-refractivity contribution is 4.76. The minimum atomic E-state index is 0.568. The summed E-state index contributed by atoms with van der Waals surface area (Å²) in [5.74, 6) is 0. The number of likely N-dealkylation sites (N-methyl/N-ethyl adjacent to an activating group) is 1. The van der Waals surface area contributed by atoms with E-state index in [9.17, 15) is 0 Å². The Labute approximate surface area is 89.8 Å². The van der Waals surface area contributed by atoms with E-state index in [-0.39, 0.29) is 0 Å². The van der Waals surface area contributed by atoms with E-state index in [0.29, 0.717) is 6.04 Å². The normalized spacial score (nSPS) is 21.4. The van der Waals surface area contributed by atoms with Crippen LogP contribution < -0.4 is 5.32 Å². The van der Waals surface area contributed by atoms with Gasteiger partial charge in [0.05, 0.1) is 6.61 Å². The lowest BCUT2D eigenvalue weighted by molar-refractivity contribution is 0.0909. The molecule has 14 heavy (non-hydrogen) atoms. The van der Waals surface area contributed by atoms with E-state index in [1.165, 1.54) is 0 Å². The lowest BCUT2D eigenvalue weighted by atomic mass is 10.2. The molecule has 0 aliphatic carbocycles. The second-order valence-electron chi connectivity index (χ2n) is 2.79. The SMILES string of the molecule is CC.CC.COCC1CNCCN1C. The van der Waals surface area contributed by atoms with Gasteiger partial charge in [-0.3, -0.25) is 4.90 Å². The minimum absolute atomic E-state index is 0.568. The smallest absolute Gasteiger partial charge is 0.0630 e. The first kappa shape index (κ1) is 16.3. The van der Waals surface area contributed by atoms with Gasteiger partial charge in [-0.2, -0.15) is 0 Å². The Balaban J connectivity index is 0. The van der Waals surface area contributed by atoms with E-state index >= 15 is 0 Å². The van der Waals surface area contributed by atoms with E-state index in [0.717, 1.165) is 26.2 Å². The maximum Gasteiger partial charge on any atom is 0.0630 e. The first-order valence-corrected chi connectivity index (χ1v) is 5.74. The molecule has 0 radical (unpaired) electrons. The van der Waals surface area contributed by atoms with Crippen molar-refractivity contribution < 1.29 is 4.74 Å². The molecule has 1 rings (SSSR count). The van der Waals surface area contributed by atoms with Crippen molar-refractivity contribution in [1.29, 1.82) is 0 Å². The van der Waals surface area contributed by atoms with Gasteiger partial charge in [-0.05, 0) is 7.05 Å². The van der Waals surface area contributed by atoms with Crippen molar-refractivity contribution in [3.05, 3.63) is 0 Å². The summed E-state index contributed by atoms with van der Waals surface area (Å²) < 4.78 is 5.07. The summed E-state index contributed by atoms with van der Waals surface area (Å²) in [7, 11) is 3.90. The number of methoxy groups -OCH3 is 1. The molecule has 1 aliphatic rings. The lowest BCUT2D eigenvalue weighted by Gasteiger charge is -2.32. The summed E-state index contributed by atoms with van der Waals surface area (Å²) in [6.45, 7) is 12.1. The van der Waals surface area contributed by atoms with Gasteiger partial charge in [-0.15, -0.1) is 0 Å². The van der Waals surface area contributed by atoms with Crippen LogP contribution in [0.3, 0.4) is 0 Å². The first-order valence-electron chi connectivity index (χ1n) is 5.74. The van der Waals surface area contributed by atoms with Crippen molar-refractivity contribution in [1.82, 2.24) is 10.2 Å². The fraction of sp³-hybridized carbons (Fsp3) is 1.00. The second-order valence-corrected chi connectivity index (χ2v) is 2.79. The van der Waals surface area contributed by atoms with Crippen LogP contribution in [0.1, 0.15) is 27.7 Å². The molecular weight excluding hydrogens is 176 g/mol. The summed E-state index contributed by atoms with van der Waals surface area (Å²) in [6.07, 6.45) is 0. The van der Waals surface area contributed by atoms with Gasteiger partial charge in [0.15, 0.2) is 0 Å². The van der Waals surface area contributed by atoms with E-state index in [1.807, 2.05) is 27.7 Å². The molecule has 1 fully saturated rings. The molecule has 0 aromatic carbocycles. The number of hydrogen-bond acceptors (Lipinski definition) is 3. The molecule has 88 valence electrons. The van der Waals surface area contributed by atoms with Gasteiger partial charge in [0.2, 0.25) is 0 Å². The third-order valence-electron chi connectivity index (χ3n) is 2.00. The van der Waals surface area contributed by atoms with E-state index < -0.39 is 0 Å². The van der Waals surface area contributed by atoms with Crippen LogP contribution in [0, 0.1) is 0 Å². The number of nitrogens with one attached hydrogen (secondary N) is 1. The zero-order valence-corrected chi connectivity index (χ0v) is 10.8. The predicted molar refractivity (Wildman–Crippen MR) is 63.9 cm³/mol. The molecule has 0 spiro atoms. The van der Waals surface area contributed by atoms with Crippen LogP contribution in [-0.2, 0) is 4.74 Å². The number of nitrogens with zero attached hydrogens (tertiary/aromatic N) is 1. The quantitative estimate of drug-likeness (QED) is 0.739. The van der Waals surface area contributed by atoms with Gasteiger partial charge < -0.3 is 10.1 Å². The van der Waals surface area contributed by atoms with Crippen LogP contribution in [0.4, 0.5) is 0 Å². The molecule has 0 saturated carbocycles. The lowest BCUT2D eigenvalue weighted by Crippen LogP contribution is -2.51. The molecule has 1 unspecified atom stereocenters. The maximum atomic E-state index is 5.07. The largest absolute Gasteiger partial charge is 0.383 e. The van der Waals surface area contributed by atoms with Crippen molar-refractivity contribution in [2.45, 2.75) is 33.7 Å². The van der Waals surface area contributed by atoms with E-state index in [1.54, 1.807) is 7.11 Å². The third kappa shape index (κ3) is 7.30. The summed E-state index contributed by atoms with van der Waals surface area (Å²) in [5, 5.41) is 3.33. The molecule has 3 heteroatoms. The molecule has 0 amide bonds. The average Bonchev–Trinajstić information content (AvgIpc) is 2.28. The number of piperazine rings is 1. The Hall–Kier alpha value is -0.120. The molecule has 0 aromatic heterocycles. The summed E-state index contributed by atoms with van der Waals surface area (Å²) >= 11 is 0. The summed E-state index contributed by atoms with van der Waals surface area (Å²) in [5.41, 5.74) is 0. The highest BCUT2D eigenvalue weighted by Gasteiger charge is 2.17. The maximum absolute atomic E-state index is 5.07. The Morgan fingerprint density at radius 2 is 1.86 bits per heavy atom. The Morgan fingerprint density at radius 1 is 1.29 bits per heavy atom. The fourth-order valence-corrected chi connectivity index (χ4v) is 1.24. The highest BCUT2D eigenvalue weighted by atomic mass is 16.5. The standard InChI is InChI=1S/C7H16N2O.2C2H6/c1-9-4-3-8-5-7(9)6-10-2;2*1-2/h7-8H,3-6H2,1-2H3;2*1-2H3.